The second-order valence-electron chi connectivity index (χ2n) is 7.36. The number of hydrogen-bond donors (Lipinski definition) is 1. The van der Waals surface area contributed by atoms with Gasteiger partial charge in [-0.05, 0) is 71.1 Å². The molecule has 128 valence electrons. The standard InChI is InChI=1S/C18H26BrNO2S/c1-12(2)22-16(21)18(13-9-10-13,20-23-17(3,4)5)14-7-6-8-15(19)11-14/h6-8,11-13,20H,9-10H2,1-5H3. The molecular weight excluding hydrogens is 374 g/mol. The number of hydrogen-bond acceptors (Lipinski definition) is 4. The normalized spacial score (nSPS) is 17.9. The van der Waals surface area contributed by atoms with Crippen LogP contribution < -0.4 is 4.72 Å². The summed E-state index contributed by atoms with van der Waals surface area (Å²) < 4.78 is 10.1. The molecule has 1 aliphatic rings. The van der Waals surface area contributed by atoms with Crippen molar-refractivity contribution in [2.75, 3.05) is 0 Å². The van der Waals surface area contributed by atoms with Crippen LogP contribution in [0.1, 0.15) is 53.0 Å². The molecule has 0 heterocycles. The number of nitrogens with one attached hydrogen (secondary N) is 1. The smallest absolute Gasteiger partial charge is 0.332 e. The van der Waals surface area contributed by atoms with Crippen molar-refractivity contribution in [3.63, 3.8) is 0 Å². The average Bonchev–Trinajstić information content (AvgIpc) is 3.22. The highest BCUT2D eigenvalue weighted by Gasteiger charge is 2.54. The largest absolute Gasteiger partial charge is 0.461 e. The van der Waals surface area contributed by atoms with E-state index in [1.807, 2.05) is 38.1 Å². The zero-order chi connectivity index (χ0) is 17.3. The molecule has 1 N–H and O–H groups in total. The number of carbonyl (C=O) groups excluding carboxylic acids is 1. The Morgan fingerprint density at radius 2 is 2.00 bits per heavy atom. The van der Waals surface area contributed by atoms with Crippen LogP contribution in [-0.4, -0.2) is 16.8 Å². The fourth-order valence-electron chi connectivity index (χ4n) is 2.49. The fraction of sp³-hybridized carbons (Fsp3) is 0.611. The Bertz CT molecular complexity index is 566. The van der Waals surface area contributed by atoms with Crippen LogP contribution in [0.5, 0.6) is 0 Å². The molecule has 23 heavy (non-hydrogen) atoms. The molecule has 5 heteroatoms. The van der Waals surface area contributed by atoms with E-state index in [1.54, 1.807) is 11.9 Å². The maximum Gasteiger partial charge on any atom is 0.332 e. The molecule has 0 bridgehead atoms. The van der Waals surface area contributed by atoms with E-state index in [1.165, 1.54) is 0 Å². The molecule has 1 saturated carbocycles. The van der Waals surface area contributed by atoms with Gasteiger partial charge >= 0.3 is 5.97 Å². The number of benzene rings is 1. The Hall–Kier alpha value is -0.520. The monoisotopic (exact) mass is 399 g/mol. The first kappa shape index (κ1) is 18.8. The topological polar surface area (TPSA) is 38.3 Å². The lowest BCUT2D eigenvalue weighted by molar-refractivity contribution is -0.156. The summed E-state index contributed by atoms with van der Waals surface area (Å²) in [4.78, 5) is 13.1. The molecule has 0 saturated heterocycles. The van der Waals surface area contributed by atoms with Gasteiger partial charge in [-0.3, -0.25) is 0 Å². The summed E-state index contributed by atoms with van der Waals surface area (Å²) in [5, 5.41) is 0. The number of rotatable bonds is 6. The molecule has 1 fully saturated rings. The van der Waals surface area contributed by atoms with Crippen molar-refractivity contribution in [2.24, 2.45) is 5.92 Å². The van der Waals surface area contributed by atoms with Gasteiger partial charge in [-0.25, -0.2) is 9.52 Å². The van der Waals surface area contributed by atoms with E-state index < -0.39 is 5.54 Å². The lowest BCUT2D eigenvalue weighted by atomic mass is 9.86. The predicted octanol–water partition coefficient (Wildman–Crippen LogP) is 5.04. The van der Waals surface area contributed by atoms with Crippen LogP contribution >= 0.6 is 27.9 Å². The first-order valence-corrected chi connectivity index (χ1v) is 9.68. The number of halogens is 1. The lowest BCUT2D eigenvalue weighted by Gasteiger charge is -2.36. The van der Waals surface area contributed by atoms with Gasteiger partial charge < -0.3 is 4.74 Å². The first-order valence-electron chi connectivity index (χ1n) is 8.07. The molecule has 1 aromatic rings. The minimum atomic E-state index is -0.786. The van der Waals surface area contributed by atoms with E-state index in [-0.39, 0.29) is 22.7 Å². The van der Waals surface area contributed by atoms with E-state index in [9.17, 15) is 4.79 Å². The van der Waals surface area contributed by atoms with Crippen LogP contribution in [0.25, 0.3) is 0 Å². The van der Waals surface area contributed by atoms with Crippen LogP contribution in [0.3, 0.4) is 0 Å². The van der Waals surface area contributed by atoms with Crippen molar-refractivity contribution in [2.45, 2.75) is 63.9 Å². The second-order valence-corrected chi connectivity index (χ2v) is 9.91. The minimum absolute atomic E-state index is 0.00423. The van der Waals surface area contributed by atoms with Gasteiger partial charge in [-0.1, -0.05) is 40.0 Å². The van der Waals surface area contributed by atoms with Crippen LogP contribution in [0.4, 0.5) is 0 Å². The van der Waals surface area contributed by atoms with E-state index in [0.717, 1.165) is 22.9 Å². The summed E-state index contributed by atoms with van der Waals surface area (Å²) in [5.41, 5.74) is 0.184. The van der Waals surface area contributed by atoms with Crippen molar-refractivity contribution in [3.8, 4) is 0 Å². The molecule has 0 spiro atoms. The van der Waals surface area contributed by atoms with Gasteiger partial charge in [0.2, 0.25) is 0 Å². The molecule has 0 aromatic heterocycles. The lowest BCUT2D eigenvalue weighted by Crippen LogP contribution is -2.51. The maximum absolute atomic E-state index is 13.1. The summed E-state index contributed by atoms with van der Waals surface area (Å²) in [6, 6.07) is 7.99. The summed E-state index contributed by atoms with van der Waals surface area (Å²) in [7, 11) is 0. The molecular formula is C18H26BrNO2S. The quantitative estimate of drug-likeness (QED) is 0.536. The van der Waals surface area contributed by atoms with E-state index in [2.05, 4.69) is 41.4 Å². The van der Waals surface area contributed by atoms with Gasteiger partial charge in [0.25, 0.3) is 0 Å². The van der Waals surface area contributed by atoms with Crippen molar-refractivity contribution in [1.29, 1.82) is 0 Å². The average molecular weight is 400 g/mol. The highest BCUT2D eigenvalue weighted by Crippen LogP contribution is 2.49. The summed E-state index contributed by atoms with van der Waals surface area (Å²) in [6.07, 6.45) is 1.95. The van der Waals surface area contributed by atoms with Gasteiger partial charge in [-0.15, -0.1) is 0 Å². The molecule has 3 nitrogen and oxygen atoms in total. The fourth-order valence-corrected chi connectivity index (χ4v) is 3.73. The van der Waals surface area contributed by atoms with Gasteiger partial charge in [0, 0.05) is 9.22 Å². The van der Waals surface area contributed by atoms with Crippen molar-refractivity contribution in [3.05, 3.63) is 34.3 Å². The van der Waals surface area contributed by atoms with E-state index >= 15 is 0 Å². The van der Waals surface area contributed by atoms with E-state index in [4.69, 9.17) is 4.74 Å². The van der Waals surface area contributed by atoms with Crippen molar-refractivity contribution < 1.29 is 9.53 Å². The molecule has 0 aliphatic heterocycles. The van der Waals surface area contributed by atoms with Crippen LogP contribution in [0, 0.1) is 5.92 Å². The van der Waals surface area contributed by atoms with Crippen LogP contribution in [0.15, 0.2) is 28.7 Å². The summed E-state index contributed by atoms with van der Waals surface area (Å²) in [5.74, 6) is 0.0998. The highest BCUT2D eigenvalue weighted by atomic mass is 79.9. The number of esters is 1. The Labute approximate surface area is 152 Å². The van der Waals surface area contributed by atoms with E-state index in [0.29, 0.717) is 0 Å². The Morgan fingerprint density at radius 3 is 2.48 bits per heavy atom. The number of carbonyl (C=O) groups is 1. The zero-order valence-electron chi connectivity index (χ0n) is 14.5. The summed E-state index contributed by atoms with van der Waals surface area (Å²) >= 11 is 5.13. The minimum Gasteiger partial charge on any atom is -0.461 e. The molecule has 2 rings (SSSR count). The van der Waals surface area contributed by atoms with Crippen molar-refractivity contribution in [1.82, 2.24) is 4.72 Å². The summed E-state index contributed by atoms with van der Waals surface area (Å²) in [6.45, 7) is 10.2. The molecule has 1 aliphatic carbocycles. The first-order chi connectivity index (χ1) is 10.6. The van der Waals surface area contributed by atoms with Gasteiger partial charge in [0.05, 0.1) is 6.10 Å². The maximum atomic E-state index is 13.1. The van der Waals surface area contributed by atoms with Crippen LogP contribution in [-0.2, 0) is 15.1 Å². The third-order valence-electron chi connectivity index (χ3n) is 3.65. The highest BCUT2D eigenvalue weighted by molar-refractivity contribution is 9.10. The second kappa shape index (κ2) is 7.16. The van der Waals surface area contributed by atoms with Gasteiger partial charge in [0.1, 0.15) is 0 Å². The molecule has 1 atom stereocenters. The molecule has 0 radical (unpaired) electrons. The Balaban J connectivity index is 2.44. The molecule has 1 unspecified atom stereocenters. The molecule has 0 amide bonds. The van der Waals surface area contributed by atoms with Gasteiger partial charge in [-0.2, -0.15) is 0 Å². The Morgan fingerprint density at radius 1 is 1.35 bits per heavy atom. The Kier molecular flexibility index (Phi) is 5.85. The molecule has 1 aromatic carbocycles. The van der Waals surface area contributed by atoms with Crippen LogP contribution in [0.2, 0.25) is 0 Å². The predicted molar refractivity (Wildman–Crippen MR) is 100 cm³/mol. The zero-order valence-corrected chi connectivity index (χ0v) is 16.9. The number of ether oxygens (including phenoxy) is 1. The third kappa shape index (κ3) is 4.74. The van der Waals surface area contributed by atoms with Gasteiger partial charge in [0.15, 0.2) is 5.54 Å². The van der Waals surface area contributed by atoms with Crippen molar-refractivity contribution >= 4 is 33.8 Å². The SMILES string of the molecule is CC(C)OC(=O)C(NSC(C)(C)C)(c1cccc(Br)c1)C1CC1. The third-order valence-corrected chi connectivity index (χ3v) is 5.18.